The van der Waals surface area contributed by atoms with Crippen LogP contribution in [-0.2, 0) is 4.74 Å². The molecule has 1 saturated heterocycles. The van der Waals surface area contributed by atoms with Crippen molar-refractivity contribution in [1.82, 2.24) is 10.2 Å². The zero-order valence-corrected chi connectivity index (χ0v) is 12.3. The van der Waals surface area contributed by atoms with Crippen LogP contribution in [0.25, 0.3) is 0 Å². The van der Waals surface area contributed by atoms with Crippen LogP contribution in [0.4, 0.5) is 0 Å². The molecule has 0 aromatic rings. The minimum Gasteiger partial charge on any atom is -0.370 e. The van der Waals surface area contributed by atoms with Gasteiger partial charge in [0, 0.05) is 26.2 Å². The van der Waals surface area contributed by atoms with Gasteiger partial charge in [0.1, 0.15) is 0 Å². The van der Waals surface area contributed by atoms with Crippen LogP contribution >= 0.6 is 0 Å². The van der Waals surface area contributed by atoms with Gasteiger partial charge in [0.15, 0.2) is 0 Å². The third kappa shape index (κ3) is 6.39. The molecule has 0 radical (unpaired) electrons. The van der Waals surface area contributed by atoms with Gasteiger partial charge < -0.3 is 10.1 Å². The molecule has 1 rings (SSSR count). The van der Waals surface area contributed by atoms with E-state index in [1.165, 1.54) is 6.42 Å². The monoisotopic (exact) mass is 242 g/mol. The molecule has 17 heavy (non-hydrogen) atoms. The zero-order chi connectivity index (χ0) is 12.9. The molecule has 1 N–H and O–H groups in total. The van der Waals surface area contributed by atoms with Gasteiger partial charge in [-0.05, 0) is 39.7 Å². The van der Waals surface area contributed by atoms with Crippen molar-refractivity contribution in [3.05, 3.63) is 0 Å². The van der Waals surface area contributed by atoms with E-state index in [-0.39, 0.29) is 5.60 Å². The van der Waals surface area contributed by atoms with E-state index in [4.69, 9.17) is 4.74 Å². The average molecular weight is 242 g/mol. The standard InChI is InChI=1S/C14H30N2O/c1-12(2)6-7-15-8-9-16-10-13(3)17-14(4,5)11-16/h12-13,15H,6-11H2,1-5H3. The summed E-state index contributed by atoms with van der Waals surface area (Å²) in [7, 11) is 0. The summed E-state index contributed by atoms with van der Waals surface area (Å²) in [6.07, 6.45) is 1.62. The Bertz CT molecular complexity index is 216. The molecule has 1 atom stereocenters. The Morgan fingerprint density at radius 3 is 2.65 bits per heavy atom. The summed E-state index contributed by atoms with van der Waals surface area (Å²) in [5.41, 5.74) is 0.00952. The zero-order valence-electron chi connectivity index (χ0n) is 12.3. The first-order valence-corrected chi connectivity index (χ1v) is 7.00. The second-order valence-corrected chi connectivity index (χ2v) is 6.36. The van der Waals surface area contributed by atoms with Crippen molar-refractivity contribution < 1.29 is 4.74 Å². The summed E-state index contributed by atoms with van der Waals surface area (Å²) in [5.74, 6) is 0.796. The molecule has 0 saturated carbocycles. The molecule has 0 bridgehead atoms. The number of ether oxygens (including phenoxy) is 1. The molecule has 1 unspecified atom stereocenters. The first-order valence-electron chi connectivity index (χ1n) is 7.00. The maximum absolute atomic E-state index is 5.90. The van der Waals surface area contributed by atoms with E-state index in [2.05, 4.69) is 44.8 Å². The van der Waals surface area contributed by atoms with E-state index in [1.807, 2.05) is 0 Å². The molecule has 102 valence electrons. The van der Waals surface area contributed by atoms with Crippen molar-refractivity contribution in [2.45, 2.75) is 52.7 Å². The molecule has 1 aliphatic rings. The lowest BCUT2D eigenvalue weighted by Crippen LogP contribution is -2.53. The van der Waals surface area contributed by atoms with E-state index >= 15 is 0 Å². The van der Waals surface area contributed by atoms with Gasteiger partial charge in [-0.1, -0.05) is 13.8 Å². The number of nitrogens with zero attached hydrogens (tertiary/aromatic N) is 1. The Morgan fingerprint density at radius 1 is 1.35 bits per heavy atom. The second-order valence-electron chi connectivity index (χ2n) is 6.36. The highest BCUT2D eigenvalue weighted by molar-refractivity contribution is 4.82. The van der Waals surface area contributed by atoms with E-state index in [0.717, 1.165) is 38.6 Å². The molecule has 3 heteroatoms. The molecule has 1 aliphatic heterocycles. The largest absolute Gasteiger partial charge is 0.370 e. The third-order valence-electron chi connectivity index (χ3n) is 3.14. The second kappa shape index (κ2) is 6.72. The molecule has 1 fully saturated rings. The van der Waals surface area contributed by atoms with E-state index in [1.54, 1.807) is 0 Å². The highest BCUT2D eigenvalue weighted by Gasteiger charge is 2.30. The lowest BCUT2D eigenvalue weighted by molar-refractivity contribution is -0.128. The molecule has 1 heterocycles. The van der Waals surface area contributed by atoms with Crippen molar-refractivity contribution >= 4 is 0 Å². The Hall–Kier alpha value is -0.120. The molecule has 0 aromatic carbocycles. The topological polar surface area (TPSA) is 24.5 Å². The highest BCUT2D eigenvalue weighted by Crippen LogP contribution is 2.20. The molecule has 0 spiro atoms. The highest BCUT2D eigenvalue weighted by atomic mass is 16.5. The van der Waals surface area contributed by atoms with E-state index in [9.17, 15) is 0 Å². The first-order chi connectivity index (χ1) is 7.89. The third-order valence-corrected chi connectivity index (χ3v) is 3.14. The number of nitrogens with one attached hydrogen (secondary N) is 1. The van der Waals surface area contributed by atoms with Gasteiger partial charge in [0.05, 0.1) is 11.7 Å². The van der Waals surface area contributed by atoms with Crippen molar-refractivity contribution in [2.75, 3.05) is 32.7 Å². The van der Waals surface area contributed by atoms with Crippen LogP contribution in [0, 0.1) is 5.92 Å². The number of hydrogen-bond acceptors (Lipinski definition) is 3. The van der Waals surface area contributed by atoms with Gasteiger partial charge in [-0.3, -0.25) is 4.90 Å². The summed E-state index contributed by atoms with van der Waals surface area (Å²) in [5, 5.41) is 3.52. The van der Waals surface area contributed by atoms with Gasteiger partial charge in [-0.15, -0.1) is 0 Å². The summed E-state index contributed by atoms with van der Waals surface area (Å²) in [6, 6.07) is 0. The quantitative estimate of drug-likeness (QED) is 0.722. The summed E-state index contributed by atoms with van der Waals surface area (Å²) in [6.45, 7) is 16.6. The van der Waals surface area contributed by atoms with Gasteiger partial charge in [0.2, 0.25) is 0 Å². The lowest BCUT2D eigenvalue weighted by atomic mass is 10.1. The fourth-order valence-corrected chi connectivity index (χ4v) is 2.51. The molecule has 0 aliphatic carbocycles. The summed E-state index contributed by atoms with van der Waals surface area (Å²) >= 11 is 0. The number of rotatable bonds is 6. The predicted octanol–water partition coefficient (Wildman–Crippen LogP) is 2.12. The average Bonchev–Trinajstić information content (AvgIpc) is 2.13. The summed E-state index contributed by atoms with van der Waals surface area (Å²) in [4.78, 5) is 2.51. The van der Waals surface area contributed by atoms with Crippen molar-refractivity contribution in [3.8, 4) is 0 Å². The number of morpholine rings is 1. The minimum absolute atomic E-state index is 0.00952. The maximum Gasteiger partial charge on any atom is 0.0757 e. The van der Waals surface area contributed by atoms with Crippen LogP contribution in [0.5, 0.6) is 0 Å². The van der Waals surface area contributed by atoms with Crippen molar-refractivity contribution in [1.29, 1.82) is 0 Å². The number of hydrogen-bond donors (Lipinski definition) is 1. The molecular formula is C14H30N2O. The normalized spacial score (nSPS) is 25.4. The fourth-order valence-electron chi connectivity index (χ4n) is 2.51. The Labute approximate surface area is 107 Å². The fraction of sp³-hybridized carbons (Fsp3) is 1.00. The van der Waals surface area contributed by atoms with Crippen LogP contribution in [0.1, 0.15) is 41.0 Å². The van der Waals surface area contributed by atoms with Crippen LogP contribution in [0.15, 0.2) is 0 Å². The lowest BCUT2D eigenvalue weighted by Gasteiger charge is -2.41. The molecule has 0 amide bonds. The molecular weight excluding hydrogens is 212 g/mol. The van der Waals surface area contributed by atoms with Crippen molar-refractivity contribution in [2.24, 2.45) is 5.92 Å². The van der Waals surface area contributed by atoms with Crippen LogP contribution in [0.2, 0.25) is 0 Å². The molecule has 0 aromatic heterocycles. The Morgan fingerprint density at radius 2 is 2.06 bits per heavy atom. The van der Waals surface area contributed by atoms with Crippen LogP contribution < -0.4 is 5.32 Å². The van der Waals surface area contributed by atoms with Gasteiger partial charge in [-0.25, -0.2) is 0 Å². The Kier molecular flexibility index (Phi) is 5.90. The predicted molar refractivity (Wildman–Crippen MR) is 73.4 cm³/mol. The Balaban J connectivity index is 2.14. The first kappa shape index (κ1) is 14.9. The van der Waals surface area contributed by atoms with Gasteiger partial charge in [0.25, 0.3) is 0 Å². The van der Waals surface area contributed by atoms with Gasteiger partial charge >= 0.3 is 0 Å². The summed E-state index contributed by atoms with van der Waals surface area (Å²) < 4.78 is 5.90. The van der Waals surface area contributed by atoms with E-state index in [0.29, 0.717) is 6.10 Å². The molecule has 3 nitrogen and oxygen atoms in total. The smallest absolute Gasteiger partial charge is 0.0757 e. The van der Waals surface area contributed by atoms with E-state index < -0.39 is 0 Å². The maximum atomic E-state index is 5.90. The van der Waals surface area contributed by atoms with Crippen LogP contribution in [0.3, 0.4) is 0 Å². The minimum atomic E-state index is 0.00952. The van der Waals surface area contributed by atoms with Crippen LogP contribution in [-0.4, -0.2) is 49.3 Å². The van der Waals surface area contributed by atoms with Gasteiger partial charge in [-0.2, -0.15) is 0 Å². The van der Waals surface area contributed by atoms with Crippen molar-refractivity contribution in [3.63, 3.8) is 0 Å². The SMILES string of the molecule is CC(C)CCNCCN1CC(C)OC(C)(C)C1.